The smallest absolute Gasteiger partial charge is 0.223 e. The largest absolute Gasteiger partial charge is 0.497 e. The Kier molecular flexibility index (Phi) is 7.02. The molecule has 0 bridgehead atoms. The molecule has 2 aromatic carbocycles. The predicted molar refractivity (Wildman–Crippen MR) is 100 cm³/mol. The summed E-state index contributed by atoms with van der Waals surface area (Å²) in [4.78, 5) is 25.7. The predicted octanol–water partition coefficient (Wildman–Crippen LogP) is 2.76. The first-order valence-corrected chi connectivity index (χ1v) is 8.36. The molecular weight excluding hydrogens is 332 g/mol. The third-order valence-electron chi connectivity index (χ3n) is 3.95. The highest BCUT2D eigenvalue weighted by molar-refractivity contribution is 5.94. The van der Waals surface area contributed by atoms with E-state index in [1.807, 2.05) is 30.3 Å². The second-order valence-electron chi connectivity index (χ2n) is 5.72. The number of ether oxygens (including phenoxy) is 2. The van der Waals surface area contributed by atoms with Crippen LogP contribution in [0, 0.1) is 0 Å². The van der Waals surface area contributed by atoms with E-state index in [9.17, 15) is 9.59 Å². The van der Waals surface area contributed by atoms with Crippen LogP contribution < -0.4 is 19.7 Å². The van der Waals surface area contributed by atoms with Crippen LogP contribution in [0.2, 0.25) is 0 Å². The number of nitrogens with zero attached hydrogens (tertiary/aromatic N) is 1. The SMILES string of the molecule is COc1ccc(N(CCC(=O)NCc2ccccc2)C(C)=O)c(OC)c1. The lowest BCUT2D eigenvalue weighted by atomic mass is 10.2. The Morgan fingerprint density at radius 1 is 1.04 bits per heavy atom. The van der Waals surface area contributed by atoms with Gasteiger partial charge < -0.3 is 19.7 Å². The number of benzene rings is 2. The van der Waals surface area contributed by atoms with Crippen molar-refractivity contribution in [3.63, 3.8) is 0 Å². The van der Waals surface area contributed by atoms with Gasteiger partial charge >= 0.3 is 0 Å². The fourth-order valence-corrected chi connectivity index (χ4v) is 2.55. The lowest BCUT2D eigenvalue weighted by Crippen LogP contribution is -2.34. The quantitative estimate of drug-likeness (QED) is 0.790. The van der Waals surface area contributed by atoms with Gasteiger partial charge in [-0.25, -0.2) is 0 Å². The molecule has 2 amide bonds. The van der Waals surface area contributed by atoms with E-state index in [1.54, 1.807) is 25.3 Å². The van der Waals surface area contributed by atoms with Gasteiger partial charge in [0.05, 0.1) is 19.9 Å². The first-order valence-electron chi connectivity index (χ1n) is 8.36. The molecule has 0 saturated carbocycles. The van der Waals surface area contributed by atoms with Crippen molar-refractivity contribution in [3.05, 3.63) is 54.1 Å². The number of anilines is 1. The molecule has 1 N–H and O–H groups in total. The zero-order chi connectivity index (χ0) is 18.9. The van der Waals surface area contributed by atoms with Crippen LogP contribution in [0.3, 0.4) is 0 Å². The highest BCUT2D eigenvalue weighted by Gasteiger charge is 2.18. The fourth-order valence-electron chi connectivity index (χ4n) is 2.55. The lowest BCUT2D eigenvalue weighted by Gasteiger charge is -2.23. The molecule has 0 aromatic heterocycles. The second kappa shape index (κ2) is 9.46. The van der Waals surface area contributed by atoms with Crippen LogP contribution >= 0.6 is 0 Å². The Balaban J connectivity index is 2.00. The van der Waals surface area contributed by atoms with Gasteiger partial charge in [0.15, 0.2) is 0 Å². The van der Waals surface area contributed by atoms with Crippen molar-refractivity contribution in [2.45, 2.75) is 19.9 Å². The maximum absolute atomic E-state index is 12.1. The van der Waals surface area contributed by atoms with Gasteiger partial charge in [-0.05, 0) is 17.7 Å². The van der Waals surface area contributed by atoms with Crippen molar-refractivity contribution in [1.82, 2.24) is 5.32 Å². The monoisotopic (exact) mass is 356 g/mol. The Bertz CT molecular complexity index is 747. The molecule has 0 heterocycles. The maximum Gasteiger partial charge on any atom is 0.223 e. The Morgan fingerprint density at radius 3 is 2.38 bits per heavy atom. The minimum atomic E-state index is -0.163. The number of hydrogen-bond acceptors (Lipinski definition) is 4. The number of carbonyl (C=O) groups is 2. The molecule has 138 valence electrons. The zero-order valence-electron chi connectivity index (χ0n) is 15.3. The molecule has 2 aromatic rings. The average molecular weight is 356 g/mol. The van der Waals surface area contributed by atoms with Crippen LogP contribution in [0.15, 0.2) is 48.5 Å². The normalized spacial score (nSPS) is 10.1. The molecule has 2 rings (SSSR count). The topological polar surface area (TPSA) is 67.9 Å². The standard InChI is InChI=1S/C20H24N2O4/c1-15(23)22(18-10-9-17(25-2)13-19(18)26-3)12-11-20(24)21-14-16-7-5-4-6-8-16/h4-10,13H,11-12,14H2,1-3H3,(H,21,24). The van der Waals surface area contributed by atoms with E-state index in [1.165, 1.54) is 18.9 Å². The fraction of sp³-hybridized carbons (Fsp3) is 0.300. The summed E-state index contributed by atoms with van der Waals surface area (Å²) >= 11 is 0. The zero-order valence-corrected chi connectivity index (χ0v) is 15.3. The Morgan fingerprint density at radius 2 is 1.77 bits per heavy atom. The van der Waals surface area contributed by atoms with Gasteiger partial charge in [0, 0.05) is 32.5 Å². The molecule has 6 nitrogen and oxygen atoms in total. The van der Waals surface area contributed by atoms with Gasteiger partial charge in [0.1, 0.15) is 11.5 Å². The second-order valence-corrected chi connectivity index (χ2v) is 5.72. The van der Waals surface area contributed by atoms with Gasteiger partial charge in [-0.3, -0.25) is 9.59 Å². The highest BCUT2D eigenvalue weighted by atomic mass is 16.5. The van der Waals surface area contributed by atoms with Crippen LogP contribution in [0.1, 0.15) is 18.9 Å². The molecular formula is C20H24N2O4. The van der Waals surface area contributed by atoms with Gasteiger partial charge in [0.25, 0.3) is 0 Å². The first-order chi connectivity index (χ1) is 12.5. The van der Waals surface area contributed by atoms with E-state index in [0.29, 0.717) is 23.7 Å². The third-order valence-corrected chi connectivity index (χ3v) is 3.95. The molecule has 0 atom stereocenters. The van der Waals surface area contributed by atoms with Crippen molar-refractivity contribution < 1.29 is 19.1 Å². The number of hydrogen-bond donors (Lipinski definition) is 1. The molecule has 0 aliphatic heterocycles. The molecule has 0 unspecified atom stereocenters. The number of nitrogens with one attached hydrogen (secondary N) is 1. The molecule has 0 fully saturated rings. The molecule has 26 heavy (non-hydrogen) atoms. The van der Waals surface area contributed by atoms with E-state index in [-0.39, 0.29) is 24.8 Å². The minimum Gasteiger partial charge on any atom is -0.497 e. The molecule has 0 aliphatic carbocycles. The molecule has 0 aliphatic rings. The van der Waals surface area contributed by atoms with Crippen molar-refractivity contribution in [1.29, 1.82) is 0 Å². The van der Waals surface area contributed by atoms with E-state index in [0.717, 1.165) is 5.56 Å². The van der Waals surface area contributed by atoms with Crippen LogP contribution in [-0.2, 0) is 16.1 Å². The minimum absolute atomic E-state index is 0.118. The van der Waals surface area contributed by atoms with Crippen molar-refractivity contribution in [2.24, 2.45) is 0 Å². The Hall–Kier alpha value is -3.02. The van der Waals surface area contributed by atoms with Crippen LogP contribution in [0.4, 0.5) is 5.69 Å². The average Bonchev–Trinajstić information content (AvgIpc) is 2.67. The van der Waals surface area contributed by atoms with Gasteiger partial charge in [-0.1, -0.05) is 30.3 Å². The van der Waals surface area contributed by atoms with E-state index >= 15 is 0 Å². The van der Waals surface area contributed by atoms with Gasteiger partial charge in [-0.2, -0.15) is 0 Å². The number of amides is 2. The van der Waals surface area contributed by atoms with Gasteiger partial charge in [0.2, 0.25) is 11.8 Å². The molecule has 6 heteroatoms. The summed E-state index contributed by atoms with van der Waals surface area (Å²) in [5.41, 5.74) is 1.64. The van der Waals surface area contributed by atoms with Crippen molar-refractivity contribution in [2.75, 3.05) is 25.7 Å². The summed E-state index contributed by atoms with van der Waals surface area (Å²) < 4.78 is 10.5. The van der Waals surface area contributed by atoms with Gasteiger partial charge in [-0.15, -0.1) is 0 Å². The van der Waals surface area contributed by atoms with Crippen LogP contribution in [-0.4, -0.2) is 32.6 Å². The third kappa shape index (κ3) is 5.24. The lowest BCUT2D eigenvalue weighted by molar-refractivity contribution is -0.121. The molecule has 0 saturated heterocycles. The Labute approximate surface area is 153 Å². The summed E-state index contributed by atoms with van der Waals surface area (Å²) in [6.45, 7) is 2.19. The first kappa shape index (κ1) is 19.3. The summed E-state index contributed by atoms with van der Waals surface area (Å²) in [7, 11) is 3.09. The number of methoxy groups -OCH3 is 2. The van der Waals surface area contributed by atoms with E-state index in [2.05, 4.69) is 5.32 Å². The van der Waals surface area contributed by atoms with Crippen LogP contribution in [0.25, 0.3) is 0 Å². The summed E-state index contributed by atoms with van der Waals surface area (Å²) in [5, 5.41) is 2.86. The summed E-state index contributed by atoms with van der Waals surface area (Å²) in [6.07, 6.45) is 0.196. The van der Waals surface area contributed by atoms with Crippen molar-refractivity contribution >= 4 is 17.5 Å². The highest BCUT2D eigenvalue weighted by Crippen LogP contribution is 2.32. The number of carbonyl (C=O) groups excluding carboxylic acids is 2. The van der Waals surface area contributed by atoms with E-state index < -0.39 is 0 Å². The molecule has 0 radical (unpaired) electrons. The van der Waals surface area contributed by atoms with E-state index in [4.69, 9.17) is 9.47 Å². The maximum atomic E-state index is 12.1. The van der Waals surface area contributed by atoms with Crippen LogP contribution in [0.5, 0.6) is 11.5 Å². The number of rotatable bonds is 8. The van der Waals surface area contributed by atoms with Crippen molar-refractivity contribution in [3.8, 4) is 11.5 Å². The molecule has 0 spiro atoms. The summed E-state index contributed by atoms with van der Waals surface area (Å²) in [5.74, 6) is 0.871. The summed E-state index contributed by atoms with van der Waals surface area (Å²) in [6, 6.07) is 14.9.